The normalized spacial score (nSPS) is 11.9. The van der Waals surface area contributed by atoms with Gasteiger partial charge in [-0.1, -0.05) is 0 Å². The lowest BCUT2D eigenvalue weighted by Crippen LogP contribution is -2.23. The van der Waals surface area contributed by atoms with Crippen LogP contribution in [0, 0.1) is 10.1 Å². The lowest BCUT2D eigenvalue weighted by molar-refractivity contribution is -0.384. The summed E-state index contributed by atoms with van der Waals surface area (Å²) in [5.74, 6) is -1.22. The first kappa shape index (κ1) is 14.5. The van der Waals surface area contributed by atoms with Crippen LogP contribution in [0.4, 0.5) is 11.4 Å². The Morgan fingerprint density at radius 2 is 2.33 bits per heavy atom. The van der Waals surface area contributed by atoms with Crippen LogP contribution >= 0.6 is 0 Å². The minimum atomic E-state index is -1.22. The van der Waals surface area contributed by atoms with Gasteiger partial charge in [0.15, 0.2) is 0 Å². The first-order valence-corrected chi connectivity index (χ1v) is 6.23. The summed E-state index contributed by atoms with van der Waals surface area (Å²) < 4.78 is 1.71. The molecule has 0 aliphatic rings. The van der Waals surface area contributed by atoms with Crippen LogP contribution in [0.1, 0.15) is 17.3 Å². The van der Waals surface area contributed by atoms with E-state index in [0.29, 0.717) is 12.2 Å². The van der Waals surface area contributed by atoms with Gasteiger partial charge in [-0.25, -0.2) is 4.79 Å². The Balaban J connectivity index is 2.18. The first-order chi connectivity index (χ1) is 9.97. The topological polar surface area (TPSA) is 110 Å². The number of nitro groups is 1. The summed E-state index contributed by atoms with van der Waals surface area (Å²) in [4.78, 5) is 21.3. The van der Waals surface area contributed by atoms with E-state index >= 15 is 0 Å². The Kier molecular flexibility index (Phi) is 4.17. The van der Waals surface area contributed by atoms with Gasteiger partial charge >= 0.3 is 5.97 Å². The highest BCUT2D eigenvalue weighted by atomic mass is 16.6. The predicted molar refractivity (Wildman–Crippen MR) is 75.4 cm³/mol. The Hall–Kier alpha value is -2.90. The largest absolute Gasteiger partial charge is 0.478 e. The van der Waals surface area contributed by atoms with E-state index in [1.807, 2.05) is 6.92 Å². The quantitative estimate of drug-likeness (QED) is 0.621. The van der Waals surface area contributed by atoms with Gasteiger partial charge in [0, 0.05) is 36.3 Å². The molecule has 0 radical (unpaired) electrons. The van der Waals surface area contributed by atoms with Gasteiger partial charge in [-0.2, -0.15) is 5.10 Å². The van der Waals surface area contributed by atoms with Crippen LogP contribution in [0.25, 0.3) is 0 Å². The maximum absolute atomic E-state index is 11.2. The highest BCUT2D eigenvalue weighted by Crippen LogP contribution is 2.23. The molecule has 8 nitrogen and oxygen atoms in total. The minimum absolute atomic E-state index is 0.0931. The number of aromatic carboxylic acids is 1. The maximum atomic E-state index is 11.2. The van der Waals surface area contributed by atoms with E-state index in [1.165, 1.54) is 12.1 Å². The van der Waals surface area contributed by atoms with Crippen molar-refractivity contribution in [2.75, 3.05) is 5.32 Å². The number of nitrogens with zero attached hydrogens (tertiary/aromatic N) is 3. The number of carboxylic acids is 1. The summed E-state index contributed by atoms with van der Waals surface area (Å²) in [5.41, 5.74) is -0.0399. The fourth-order valence-electron chi connectivity index (χ4n) is 1.95. The minimum Gasteiger partial charge on any atom is -0.478 e. The average molecular weight is 290 g/mol. The van der Waals surface area contributed by atoms with Crippen molar-refractivity contribution in [3.63, 3.8) is 0 Å². The number of benzene rings is 1. The predicted octanol–water partition coefficient (Wildman–Crippen LogP) is 1.99. The fraction of sp³-hybridized carbons (Fsp3) is 0.231. The number of rotatable bonds is 6. The molecule has 1 atom stereocenters. The van der Waals surface area contributed by atoms with E-state index in [0.717, 1.165) is 6.07 Å². The Morgan fingerprint density at radius 3 is 2.90 bits per heavy atom. The van der Waals surface area contributed by atoms with E-state index in [2.05, 4.69) is 10.4 Å². The fourth-order valence-corrected chi connectivity index (χ4v) is 1.95. The monoisotopic (exact) mass is 290 g/mol. The van der Waals surface area contributed by atoms with Crippen molar-refractivity contribution in [2.24, 2.45) is 0 Å². The number of nitro benzene ring substituents is 1. The van der Waals surface area contributed by atoms with E-state index < -0.39 is 10.9 Å². The molecular weight excluding hydrogens is 276 g/mol. The van der Waals surface area contributed by atoms with E-state index in [4.69, 9.17) is 5.11 Å². The SMILES string of the molecule is CC(Cn1cccn1)Nc1ccc([N+](=O)[O-])cc1C(=O)O. The molecule has 0 amide bonds. The van der Waals surface area contributed by atoms with Crippen LogP contribution in [0.2, 0.25) is 0 Å². The first-order valence-electron chi connectivity index (χ1n) is 6.23. The molecule has 0 fully saturated rings. The van der Waals surface area contributed by atoms with Crippen molar-refractivity contribution >= 4 is 17.3 Å². The zero-order valence-electron chi connectivity index (χ0n) is 11.3. The van der Waals surface area contributed by atoms with Gasteiger partial charge in [-0.3, -0.25) is 14.8 Å². The molecule has 1 aromatic carbocycles. The Morgan fingerprint density at radius 1 is 1.57 bits per heavy atom. The average Bonchev–Trinajstić information content (AvgIpc) is 2.91. The summed E-state index contributed by atoms with van der Waals surface area (Å²) in [6, 6.07) is 5.42. The summed E-state index contributed by atoms with van der Waals surface area (Å²) in [7, 11) is 0. The highest BCUT2D eigenvalue weighted by Gasteiger charge is 2.17. The molecule has 1 unspecified atom stereocenters. The van der Waals surface area contributed by atoms with Crippen LogP contribution in [-0.4, -0.2) is 31.8 Å². The maximum Gasteiger partial charge on any atom is 0.338 e. The molecule has 0 saturated carbocycles. The molecule has 1 aromatic heterocycles. The van der Waals surface area contributed by atoms with E-state index in [9.17, 15) is 14.9 Å². The lowest BCUT2D eigenvalue weighted by atomic mass is 10.1. The van der Waals surface area contributed by atoms with Gasteiger partial charge < -0.3 is 10.4 Å². The molecule has 2 aromatic rings. The van der Waals surface area contributed by atoms with E-state index in [1.54, 1.807) is 23.1 Å². The second-order valence-corrected chi connectivity index (χ2v) is 4.57. The zero-order chi connectivity index (χ0) is 15.4. The van der Waals surface area contributed by atoms with Gasteiger partial charge in [-0.15, -0.1) is 0 Å². The third kappa shape index (κ3) is 3.56. The third-order valence-corrected chi connectivity index (χ3v) is 2.87. The standard InChI is InChI=1S/C13H14N4O4/c1-9(8-16-6-2-5-14-16)15-12-4-3-10(17(20)21)7-11(12)13(18)19/h2-7,9,15H,8H2,1H3,(H,18,19). The molecule has 0 aliphatic heterocycles. The van der Waals surface area contributed by atoms with Gasteiger partial charge in [0.2, 0.25) is 0 Å². The molecule has 1 heterocycles. The van der Waals surface area contributed by atoms with Crippen LogP contribution in [0.15, 0.2) is 36.7 Å². The van der Waals surface area contributed by atoms with Crippen LogP contribution in [0.3, 0.4) is 0 Å². The number of non-ortho nitro benzene ring substituents is 1. The highest BCUT2D eigenvalue weighted by molar-refractivity contribution is 5.95. The zero-order valence-corrected chi connectivity index (χ0v) is 11.3. The van der Waals surface area contributed by atoms with Crippen LogP contribution < -0.4 is 5.32 Å². The van der Waals surface area contributed by atoms with E-state index in [-0.39, 0.29) is 17.3 Å². The van der Waals surface area contributed by atoms with Gasteiger partial charge in [0.05, 0.1) is 17.0 Å². The molecule has 0 spiro atoms. The number of carbonyl (C=O) groups is 1. The van der Waals surface area contributed by atoms with Crippen molar-refractivity contribution in [2.45, 2.75) is 19.5 Å². The van der Waals surface area contributed by atoms with Crippen LogP contribution in [-0.2, 0) is 6.54 Å². The summed E-state index contributed by atoms with van der Waals surface area (Å²) in [6.07, 6.45) is 3.45. The Labute approximate surface area is 120 Å². The number of aromatic nitrogens is 2. The molecule has 0 bridgehead atoms. The summed E-state index contributed by atoms with van der Waals surface area (Å²) in [6.45, 7) is 2.41. The molecule has 0 aliphatic carbocycles. The van der Waals surface area contributed by atoms with Gasteiger partial charge in [0.25, 0.3) is 5.69 Å². The molecule has 0 saturated heterocycles. The van der Waals surface area contributed by atoms with Crippen molar-refractivity contribution in [1.82, 2.24) is 9.78 Å². The summed E-state index contributed by atoms with van der Waals surface area (Å²) in [5, 5.41) is 27.0. The number of hydrogen-bond acceptors (Lipinski definition) is 5. The number of nitrogens with one attached hydrogen (secondary N) is 1. The summed E-state index contributed by atoms with van der Waals surface area (Å²) >= 11 is 0. The molecule has 8 heteroatoms. The second kappa shape index (κ2) is 6.04. The third-order valence-electron chi connectivity index (χ3n) is 2.87. The molecule has 21 heavy (non-hydrogen) atoms. The molecule has 2 rings (SSSR count). The van der Waals surface area contributed by atoms with Crippen molar-refractivity contribution < 1.29 is 14.8 Å². The lowest BCUT2D eigenvalue weighted by Gasteiger charge is -2.16. The second-order valence-electron chi connectivity index (χ2n) is 4.57. The van der Waals surface area contributed by atoms with Crippen LogP contribution in [0.5, 0.6) is 0 Å². The number of carboxylic acid groups (broad SMARTS) is 1. The van der Waals surface area contributed by atoms with Gasteiger partial charge in [-0.05, 0) is 19.1 Å². The number of hydrogen-bond donors (Lipinski definition) is 2. The smallest absolute Gasteiger partial charge is 0.338 e. The number of anilines is 1. The van der Waals surface area contributed by atoms with Gasteiger partial charge in [0.1, 0.15) is 0 Å². The van der Waals surface area contributed by atoms with Crippen molar-refractivity contribution in [3.05, 3.63) is 52.3 Å². The molecule has 2 N–H and O–H groups in total. The Bertz CT molecular complexity index is 654. The molecule has 110 valence electrons. The van der Waals surface area contributed by atoms with Crippen molar-refractivity contribution in [1.29, 1.82) is 0 Å². The molecular formula is C13H14N4O4. The van der Waals surface area contributed by atoms with Crippen molar-refractivity contribution in [3.8, 4) is 0 Å².